The molecule has 2 amide bonds. The molecule has 2 aromatic carbocycles. The van der Waals surface area contributed by atoms with E-state index >= 15 is 0 Å². The van der Waals surface area contributed by atoms with E-state index in [1.807, 2.05) is 36.4 Å². The van der Waals surface area contributed by atoms with E-state index in [-0.39, 0.29) is 30.4 Å². The number of anilines is 1. The third-order valence-electron chi connectivity index (χ3n) is 5.25. The van der Waals surface area contributed by atoms with Crippen LogP contribution in [0, 0.1) is 0 Å². The molecule has 0 atom stereocenters. The summed E-state index contributed by atoms with van der Waals surface area (Å²) in [5, 5.41) is 2.90. The van der Waals surface area contributed by atoms with Gasteiger partial charge in [-0.15, -0.1) is 0 Å². The Morgan fingerprint density at radius 1 is 1.10 bits per heavy atom. The number of hydrogen-bond donors (Lipinski definition) is 1. The highest BCUT2D eigenvalue weighted by molar-refractivity contribution is 6.02. The molecular weight excluding hydrogens is 396 g/mol. The molecule has 3 rings (SSSR count). The monoisotopic (exact) mass is 426 g/mol. The van der Waals surface area contributed by atoms with Gasteiger partial charge >= 0.3 is 0 Å². The lowest BCUT2D eigenvalue weighted by Gasteiger charge is -2.31. The number of nitrogens with one attached hydrogen (secondary N) is 1. The van der Waals surface area contributed by atoms with Crippen molar-refractivity contribution >= 4 is 17.5 Å². The van der Waals surface area contributed by atoms with Crippen LogP contribution in [0.15, 0.2) is 36.4 Å². The number of rotatable bonds is 7. The van der Waals surface area contributed by atoms with E-state index in [4.69, 9.17) is 14.2 Å². The maximum Gasteiger partial charge on any atom is 0.265 e. The number of amides is 2. The third kappa shape index (κ3) is 5.29. The minimum absolute atomic E-state index is 0.0469. The fraction of sp³-hybridized carbons (Fsp3) is 0.417. The van der Waals surface area contributed by atoms with Gasteiger partial charge in [0.1, 0.15) is 12.3 Å². The second-order valence-electron chi connectivity index (χ2n) is 8.49. The molecule has 31 heavy (non-hydrogen) atoms. The van der Waals surface area contributed by atoms with Crippen molar-refractivity contribution in [1.29, 1.82) is 0 Å². The number of nitrogens with zero attached hydrogens (tertiary/aromatic N) is 1. The molecule has 0 bridgehead atoms. The van der Waals surface area contributed by atoms with Gasteiger partial charge in [0, 0.05) is 6.54 Å². The Bertz CT molecular complexity index is 965. The summed E-state index contributed by atoms with van der Waals surface area (Å²) in [5.74, 6) is 1.48. The van der Waals surface area contributed by atoms with Crippen LogP contribution in [0.2, 0.25) is 0 Å². The number of benzene rings is 2. The van der Waals surface area contributed by atoms with Crippen LogP contribution in [-0.4, -0.2) is 45.7 Å². The van der Waals surface area contributed by atoms with Crippen LogP contribution in [0.25, 0.3) is 0 Å². The van der Waals surface area contributed by atoms with Crippen molar-refractivity contribution < 1.29 is 23.8 Å². The standard InChI is InChI=1S/C24H30N2O5/c1-24(2,3)17-7-9-19-18(13-17)26(23(28)15-31-19)14-22(27)25-11-10-16-6-8-20(29-4)21(12-16)30-5/h6-9,12-13H,10-11,14-15H2,1-5H3,(H,25,27). The van der Waals surface area contributed by atoms with Crippen molar-refractivity contribution in [2.45, 2.75) is 32.6 Å². The molecule has 1 N–H and O–H groups in total. The van der Waals surface area contributed by atoms with Crippen molar-refractivity contribution in [2.75, 3.05) is 38.8 Å². The first-order valence-electron chi connectivity index (χ1n) is 10.3. The van der Waals surface area contributed by atoms with Crippen LogP contribution in [0.3, 0.4) is 0 Å². The van der Waals surface area contributed by atoms with Crippen molar-refractivity contribution in [3.8, 4) is 17.2 Å². The summed E-state index contributed by atoms with van der Waals surface area (Å²) >= 11 is 0. The molecule has 0 spiro atoms. The van der Waals surface area contributed by atoms with Gasteiger partial charge in [0.2, 0.25) is 5.91 Å². The summed E-state index contributed by atoms with van der Waals surface area (Å²) in [5.41, 5.74) is 2.64. The molecular formula is C24H30N2O5. The van der Waals surface area contributed by atoms with Crippen LogP contribution >= 0.6 is 0 Å². The zero-order chi connectivity index (χ0) is 22.6. The van der Waals surface area contributed by atoms with Crippen LogP contribution in [-0.2, 0) is 21.4 Å². The zero-order valence-electron chi connectivity index (χ0n) is 18.8. The Hall–Kier alpha value is -3.22. The molecule has 2 aromatic rings. The lowest BCUT2D eigenvalue weighted by molar-refractivity contribution is -0.125. The molecule has 1 aliphatic rings. The van der Waals surface area contributed by atoms with Crippen LogP contribution in [0.1, 0.15) is 31.9 Å². The average molecular weight is 427 g/mol. The van der Waals surface area contributed by atoms with Crippen molar-refractivity contribution in [3.05, 3.63) is 47.5 Å². The number of ether oxygens (including phenoxy) is 3. The lowest BCUT2D eigenvalue weighted by atomic mass is 9.86. The molecule has 7 heteroatoms. The molecule has 0 unspecified atom stereocenters. The first-order valence-corrected chi connectivity index (χ1v) is 10.3. The maximum atomic E-state index is 12.6. The Labute approximate surface area is 183 Å². The van der Waals surface area contributed by atoms with Crippen molar-refractivity contribution in [2.24, 2.45) is 0 Å². The van der Waals surface area contributed by atoms with Crippen LogP contribution < -0.4 is 24.4 Å². The fourth-order valence-corrected chi connectivity index (χ4v) is 3.42. The minimum atomic E-state index is -0.228. The number of carbonyl (C=O) groups excluding carboxylic acids is 2. The predicted molar refractivity (Wildman–Crippen MR) is 119 cm³/mol. The topological polar surface area (TPSA) is 77.1 Å². The minimum Gasteiger partial charge on any atom is -0.493 e. The van der Waals surface area contributed by atoms with Gasteiger partial charge in [0.05, 0.1) is 19.9 Å². The normalized spacial score (nSPS) is 13.3. The highest BCUT2D eigenvalue weighted by Gasteiger charge is 2.29. The molecule has 166 valence electrons. The molecule has 7 nitrogen and oxygen atoms in total. The number of hydrogen-bond acceptors (Lipinski definition) is 5. The van der Waals surface area contributed by atoms with E-state index in [1.54, 1.807) is 14.2 Å². The zero-order valence-corrected chi connectivity index (χ0v) is 18.8. The summed E-state index contributed by atoms with van der Waals surface area (Å²) in [6, 6.07) is 11.5. The quantitative estimate of drug-likeness (QED) is 0.736. The van der Waals surface area contributed by atoms with Crippen LogP contribution in [0.4, 0.5) is 5.69 Å². The Morgan fingerprint density at radius 3 is 2.52 bits per heavy atom. The molecule has 0 fully saturated rings. The van der Waals surface area contributed by atoms with Gasteiger partial charge in [-0.3, -0.25) is 14.5 Å². The first-order chi connectivity index (χ1) is 14.7. The molecule has 0 aliphatic carbocycles. The third-order valence-corrected chi connectivity index (χ3v) is 5.25. The van der Waals surface area contributed by atoms with E-state index < -0.39 is 0 Å². The fourth-order valence-electron chi connectivity index (χ4n) is 3.42. The molecule has 0 aromatic heterocycles. The highest BCUT2D eigenvalue weighted by Crippen LogP contribution is 2.36. The van der Waals surface area contributed by atoms with Gasteiger partial charge in [-0.1, -0.05) is 32.9 Å². The Kier molecular flexibility index (Phi) is 6.73. The van der Waals surface area contributed by atoms with Gasteiger partial charge in [0.25, 0.3) is 5.91 Å². The van der Waals surface area contributed by atoms with Crippen molar-refractivity contribution in [1.82, 2.24) is 5.32 Å². The number of fused-ring (bicyclic) bond motifs is 1. The first kappa shape index (κ1) is 22.5. The van der Waals surface area contributed by atoms with E-state index in [0.717, 1.165) is 11.1 Å². The smallest absolute Gasteiger partial charge is 0.265 e. The van der Waals surface area contributed by atoms with Gasteiger partial charge in [-0.05, 0) is 47.2 Å². The second-order valence-corrected chi connectivity index (χ2v) is 8.49. The summed E-state index contributed by atoms with van der Waals surface area (Å²) in [6.45, 7) is 6.64. The number of methoxy groups -OCH3 is 2. The van der Waals surface area contributed by atoms with E-state index in [2.05, 4.69) is 26.1 Å². The van der Waals surface area contributed by atoms with E-state index in [1.165, 1.54) is 4.90 Å². The average Bonchev–Trinajstić information content (AvgIpc) is 2.74. The maximum absolute atomic E-state index is 12.6. The highest BCUT2D eigenvalue weighted by atomic mass is 16.5. The SMILES string of the molecule is COc1ccc(CCNC(=O)CN2C(=O)COc3ccc(C(C)(C)C)cc32)cc1OC. The van der Waals surface area contributed by atoms with Gasteiger partial charge in [0.15, 0.2) is 18.1 Å². The van der Waals surface area contributed by atoms with E-state index in [0.29, 0.717) is 35.9 Å². The molecule has 0 saturated heterocycles. The molecule has 0 saturated carbocycles. The molecule has 1 heterocycles. The lowest BCUT2D eigenvalue weighted by Crippen LogP contribution is -2.45. The second kappa shape index (κ2) is 9.29. The van der Waals surface area contributed by atoms with Gasteiger partial charge in [-0.25, -0.2) is 0 Å². The number of carbonyl (C=O) groups is 2. The van der Waals surface area contributed by atoms with Crippen molar-refractivity contribution in [3.63, 3.8) is 0 Å². The molecule has 1 aliphatic heterocycles. The summed E-state index contributed by atoms with van der Waals surface area (Å²) < 4.78 is 16.1. The van der Waals surface area contributed by atoms with E-state index in [9.17, 15) is 9.59 Å². The van der Waals surface area contributed by atoms with Gasteiger partial charge in [-0.2, -0.15) is 0 Å². The summed E-state index contributed by atoms with van der Waals surface area (Å²) in [4.78, 5) is 26.5. The Morgan fingerprint density at radius 2 is 1.84 bits per heavy atom. The summed E-state index contributed by atoms with van der Waals surface area (Å²) in [6.07, 6.45) is 0.633. The van der Waals surface area contributed by atoms with Gasteiger partial charge < -0.3 is 19.5 Å². The summed E-state index contributed by atoms with van der Waals surface area (Å²) in [7, 11) is 3.18. The largest absolute Gasteiger partial charge is 0.493 e. The predicted octanol–water partition coefficient (Wildman–Crippen LogP) is 3.09. The molecule has 0 radical (unpaired) electrons. The Balaban J connectivity index is 1.64. The van der Waals surface area contributed by atoms with Crippen LogP contribution in [0.5, 0.6) is 17.2 Å².